The topological polar surface area (TPSA) is 72.8 Å². The van der Waals surface area contributed by atoms with Crippen molar-refractivity contribution >= 4 is 22.8 Å². The summed E-state index contributed by atoms with van der Waals surface area (Å²) in [5.41, 5.74) is 2.42. The highest BCUT2D eigenvalue weighted by Gasteiger charge is 2.11. The molecule has 0 saturated carbocycles. The zero-order valence-electron chi connectivity index (χ0n) is 14.8. The minimum Gasteiger partial charge on any atom is -0.493 e. The van der Waals surface area contributed by atoms with Gasteiger partial charge in [0, 0.05) is 5.75 Å². The summed E-state index contributed by atoms with van der Waals surface area (Å²) in [5, 5.41) is 5.34. The van der Waals surface area contributed by atoms with Crippen molar-refractivity contribution in [1.82, 2.24) is 19.7 Å². The number of nitrogens with one attached hydrogen (secondary N) is 1. The van der Waals surface area contributed by atoms with Crippen molar-refractivity contribution in [3.8, 4) is 11.4 Å². The van der Waals surface area contributed by atoms with Gasteiger partial charge in [-0.25, -0.2) is 9.67 Å². The van der Waals surface area contributed by atoms with Gasteiger partial charge in [0.2, 0.25) is 0 Å². The predicted octanol–water partition coefficient (Wildman–Crippen LogP) is 3.59. The van der Waals surface area contributed by atoms with Crippen LogP contribution in [-0.2, 0) is 0 Å². The molecule has 1 N–H and O–H groups in total. The molecule has 0 fully saturated rings. The molecule has 0 amide bonds. The Morgan fingerprint density at radius 1 is 1.11 bits per heavy atom. The number of benzene rings is 2. The van der Waals surface area contributed by atoms with Crippen molar-refractivity contribution in [3.05, 3.63) is 76.7 Å². The second-order valence-corrected chi connectivity index (χ2v) is 7.09. The minimum atomic E-state index is -0.191. The lowest BCUT2D eigenvalue weighted by Crippen LogP contribution is -2.10. The van der Waals surface area contributed by atoms with Crippen molar-refractivity contribution < 1.29 is 4.74 Å². The Bertz CT molecular complexity index is 1100. The highest BCUT2D eigenvalue weighted by molar-refractivity contribution is 7.99. The Kier molecular flexibility index (Phi) is 4.93. The van der Waals surface area contributed by atoms with Gasteiger partial charge in [-0.1, -0.05) is 47.7 Å². The number of aromatic amines is 1. The van der Waals surface area contributed by atoms with Gasteiger partial charge in [-0.15, -0.1) is 0 Å². The summed E-state index contributed by atoms with van der Waals surface area (Å²) in [4.78, 5) is 19.7. The van der Waals surface area contributed by atoms with Gasteiger partial charge in [0.25, 0.3) is 5.56 Å². The van der Waals surface area contributed by atoms with Crippen LogP contribution in [0.3, 0.4) is 0 Å². The maximum atomic E-state index is 12.3. The summed E-state index contributed by atoms with van der Waals surface area (Å²) >= 11 is 1.45. The van der Waals surface area contributed by atoms with Crippen LogP contribution < -0.4 is 10.3 Å². The van der Waals surface area contributed by atoms with E-state index in [4.69, 9.17) is 4.74 Å². The van der Waals surface area contributed by atoms with Crippen molar-refractivity contribution in [1.29, 1.82) is 0 Å². The normalized spacial score (nSPS) is 11.0. The summed E-state index contributed by atoms with van der Waals surface area (Å²) in [7, 11) is 0. The van der Waals surface area contributed by atoms with E-state index >= 15 is 0 Å². The molecular weight excluding hydrogens is 360 g/mol. The van der Waals surface area contributed by atoms with Crippen LogP contribution in [0.1, 0.15) is 5.56 Å². The third kappa shape index (κ3) is 3.88. The lowest BCUT2D eigenvalue weighted by Gasteiger charge is -2.06. The second kappa shape index (κ2) is 7.67. The Morgan fingerprint density at radius 3 is 2.67 bits per heavy atom. The van der Waals surface area contributed by atoms with E-state index < -0.39 is 0 Å². The molecule has 2 aromatic heterocycles. The SMILES string of the molecule is Cc1ccc(OCCSc2nc3c(cnn3-c3ccccc3)c(=O)[nH]2)cc1. The molecule has 2 aromatic carbocycles. The number of hydrogen-bond donors (Lipinski definition) is 1. The van der Waals surface area contributed by atoms with Gasteiger partial charge in [-0.05, 0) is 31.2 Å². The predicted molar refractivity (Wildman–Crippen MR) is 107 cm³/mol. The number of H-pyrrole nitrogens is 1. The van der Waals surface area contributed by atoms with Crippen LogP contribution in [0.2, 0.25) is 0 Å². The fourth-order valence-corrected chi connectivity index (χ4v) is 3.33. The van der Waals surface area contributed by atoms with Crippen LogP contribution in [0.4, 0.5) is 0 Å². The van der Waals surface area contributed by atoms with Gasteiger partial charge >= 0.3 is 0 Å². The Morgan fingerprint density at radius 2 is 1.89 bits per heavy atom. The standard InChI is InChI=1S/C20H18N4O2S/c1-14-7-9-16(10-8-14)26-11-12-27-20-22-18-17(19(25)23-20)13-21-24(18)15-5-3-2-4-6-15/h2-10,13H,11-12H2,1H3,(H,22,23,25). The molecule has 4 rings (SSSR count). The molecule has 0 saturated heterocycles. The number of aromatic nitrogens is 4. The fourth-order valence-electron chi connectivity index (χ4n) is 2.66. The lowest BCUT2D eigenvalue weighted by molar-refractivity contribution is 0.344. The zero-order valence-corrected chi connectivity index (χ0v) is 15.6. The average Bonchev–Trinajstić information content (AvgIpc) is 3.12. The Balaban J connectivity index is 1.49. The smallest absolute Gasteiger partial charge is 0.262 e. The Hall–Kier alpha value is -3.06. The number of fused-ring (bicyclic) bond motifs is 1. The molecule has 0 atom stereocenters. The van der Waals surface area contributed by atoms with Crippen LogP contribution in [-0.4, -0.2) is 32.1 Å². The van der Waals surface area contributed by atoms with E-state index in [0.717, 1.165) is 11.4 Å². The first-order chi connectivity index (χ1) is 13.2. The summed E-state index contributed by atoms with van der Waals surface area (Å²) in [6.07, 6.45) is 1.54. The summed E-state index contributed by atoms with van der Waals surface area (Å²) < 4.78 is 7.40. The summed E-state index contributed by atoms with van der Waals surface area (Å²) in [5.74, 6) is 1.50. The van der Waals surface area contributed by atoms with Gasteiger partial charge in [0.15, 0.2) is 10.8 Å². The van der Waals surface area contributed by atoms with Crippen LogP contribution in [0.5, 0.6) is 5.75 Å². The molecule has 0 aliphatic rings. The number of para-hydroxylation sites is 1. The Labute approximate surface area is 160 Å². The molecule has 2 heterocycles. The lowest BCUT2D eigenvalue weighted by atomic mass is 10.2. The number of thioether (sulfide) groups is 1. The molecule has 0 unspecified atom stereocenters. The average molecular weight is 378 g/mol. The van der Waals surface area contributed by atoms with Crippen LogP contribution in [0, 0.1) is 6.92 Å². The highest BCUT2D eigenvalue weighted by Crippen LogP contribution is 2.18. The zero-order chi connectivity index (χ0) is 18.6. The molecule has 0 radical (unpaired) electrons. The van der Waals surface area contributed by atoms with Gasteiger partial charge in [0.05, 0.1) is 18.5 Å². The van der Waals surface area contributed by atoms with Crippen LogP contribution in [0.15, 0.2) is 70.7 Å². The third-order valence-corrected chi connectivity index (χ3v) is 4.87. The van der Waals surface area contributed by atoms with E-state index in [1.165, 1.54) is 17.3 Å². The van der Waals surface area contributed by atoms with E-state index in [2.05, 4.69) is 15.1 Å². The second-order valence-electron chi connectivity index (χ2n) is 6.01. The van der Waals surface area contributed by atoms with Crippen molar-refractivity contribution in [3.63, 3.8) is 0 Å². The first kappa shape index (κ1) is 17.4. The van der Waals surface area contributed by atoms with E-state index in [9.17, 15) is 4.79 Å². The molecular formula is C20H18N4O2S. The molecule has 0 aliphatic heterocycles. The first-order valence-electron chi connectivity index (χ1n) is 8.56. The van der Waals surface area contributed by atoms with Gasteiger partial charge in [0.1, 0.15) is 11.1 Å². The van der Waals surface area contributed by atoms with Crippen molar-refractivity contribution in [2.24, 2.45) is 0 Å². The van der Waals surface area contributed by atoms with Crippen LogP contribution >= 0.6 is 11.8 Å². The molecule has 136 valence electrons. The van der Waals surface area contributed by atoms with E-state index in [1.54, 1.807) is 10.9 Å². The maximum absolute atomic E-state index is 12.3. The summed E-state index contributed by atoms with van der Waals surface area (Å²) in [6, 6.07) is 17.6. The first-order valence-corrected chi connectivity index (χ1v) is 9.55. The molecule has 6 nitrogen and oxygen atoms in total. The highest BCUT2D eigenvalue weighted by atomic mass is 32.2. The monoisotopic (exact) mass is 378 g/mol. The van der Waals surface area contributed by atoms with Crippen molar-refractivity contribution in [2.45, 2.75) is 12.1 Å². The number of aryl methyl sites for hydroxylation is 1. The number of ether oxygens (including phenoxy) is 1. The number of hydrogen-bond acceptors (Lipinski definition) is 5. The van der Waals surface area contributed by atoms with E-state index in [-0.39, 0.29) is 5.56 Å². The molecule has 0 spiro atoms. The molecule has 0 bridgehead atoms. The molecule has 4 aromatic rings. The number of rotatable bonds is 6. The molecule has 7 heteroatoms. The largest absolute Gasteiger partial charge is 0.493 e. The van der Waals surface area contributed by atoms with Gasteiger partial charge in [-0.3, -0.25) is 4.79 Å². The quantitative estimate of drug-likeness (QED) is 0.315. The molecule has 27 heavy (non-hydrogen) atoms. The van der Waals surface area contributed by atoms with Crippen LogP contribution in [0.25, 0.3) is 16.7 Å². The summed E-state index contributed by atoms with van der Waals surface area (Å²) in [6.45, 7) is 2.56. The number of nitrogens with zero attached hydrogens (tertiary/aromatic N) is 3. The van der Waals surface area contributed by atoms with Gasteiger partial charge in [-0.2, -0.15) is 5.10 Å². The maximum Gasteiger partial charge on any atom is 0.262 e. The molecule has 0 aliphatic carbocycles. The third-order valence-electron chi connectivity index (χ3n) is 4.03. The van der Waals surface area contributed by atoms with E-state index in [0.29, 0.717) is 28.5 Å². The fraction of sp³-hybridized carbons (Fsp3) is 0.150. The van der Waals surface area contributed by atoms with Crippen molar-refractivity contribution in [2.75, 3.05) is 12.4 Å². The minimum absolute atomic E-state index is 0.191. The van der Waals surface area contributed by atoms with E-state index in [1.807, 2.05) is 61.5 Å². The van der Waals surface area contributed by atoms with Gasteiger partial charge < -0.3 is 9.72 Å².